The van der Waals surface area contributed by atoms with Gasteiger partial charge in [0.2, 0.25) is 0 Å². The Hall–Kier alpha value is -0.720. The number of aryl methyl sites for hydroxylation is 1. The maximum Gasteiger partial charge on any atom is 0.255 e. The number of aromatic nitrogens is 1. The fourth-order valence-corrected chi connectivity index (χ4v) is 3.72. The highest BCUT2D eigenvalue weighted by atomic mass is 79.9. The standard InChI is InChI=1S/C13H12Br2N2OS/c1-8-16-6-10(19-8)7-17(2)13(18)11-4-3-9(14)5-12(11)15/h3-6H,7H2,1-2H3. The lowest BCUT2D eigenvalue weighted by atomic mass is 10.2. The number of halogens is 2. The lowest BCUT2D eigenvalue weighted by Crippen LogP contribution is -2.26. The van der Waals surface area contributed by atoms with Crippen molar-refractivity contribution in [2.24, 2.45) is 0 Å². The molecule has 6 heteroatoms. The molecule has 0 N–H and O–H groups in total. The molecule has 0 aliphatic heterocycles. The van der Waals surface area contributed by atoms with E-state index in [-0.39, 0.29) is 5.91 Å². The Bertz CT molecular complexity index is 612. The van der Waals surface area contributed by atoms with Gasteiger partial charge in [-0.3, -0.25) is 4.79 Å². The van der Waals surface area contributed by atoms with Gasteiger partial charge < -0.3 is 4.90 Å². The molecule has 1 aromatic carbocycles. The monoisotopic (exact) mass is 402 g/mol. The van der Waals surface area contributed by atoms with E-state index in [4.69, 9.17) is 0 Å². The van der Waals surface area contributed by atoms with Crippen LogP contribution in [0.25, 0.3) is 0 Å². The summed E-state index contributed by atoms with van der Waals surface area (Å²) in [5.74, 6) is -0.00886. The fraction of sp³-hybridized carbons (Fsp3) is 0.231. The molecule has 2 rings (SSSR count). The third-order valence-corrected chi connectivity index (χ3v) is 4.62. The van der Waals surface area contributed by atoms with Crippen LogP contribution < -0.4 is 0 Å². The summed E-state index contributed by atoms with van der Waals surface area (Å²) in [5, 5.41) is 1.01. The molecule has 19 heavy (non-hydrogen) atoms. The molecule has 0 fully saturated rings. The fourth-order valence-electron chi connectivity index (χ4n) is 1.65. The minimum atomic E-state index is -0.00886. The first-order valence-corrected chi connectivity index (χ1v) is 7.99. The number of amides is 1. The minimum Gasteiger partial charge on any atom is -0.336 e. The van der Waals surface area contributed by atoms with Gasteiger partial charge in [0.05, 0.1) is 17.1 Å². The average Bonchev–Trinajstić information content (AvgIpc) is 2.74. The van der Waals surface area contributed by atoms with Crippen molar-refractivity contribution >= 4 is 49.1 Å². The van der Waals surface area contributed by atoms with E-state index >= 15 is 0 Å². The van der Waals surface area contributed by atoms with Crippen LogP contribution in [0.1, 0.15) is 20.2 Å². The van der Waals surface area contributed by atoms with Crippen molar-refractivity contribution in [1.82, 2.24) is 9.88 Å². The lowest BCUT2D eigenvalue weighted by Gasteiger charge is -2.17. The summed E-state index contributed by atoms with van der Waals surface area (Å²) in [6.45, 7) is 2.54. The minimum absolute atomic E-state index is 0.00886. The van der Waals surface area contributed by atoms with Crippen molar-refractivity contribution < 1.29 is 4.79 Å². The van der Waals surface area contributed by atoms with Crippen LogP contribution in [0.4, 0.5) is 0 Å². The first-order chi connectivity index (χ1) is 8.97. The zero-order valence-electron chi connectivity index (χ0n) is 10.5. The number of nitrogens with zero attached hydrogens (tertiary/aromatic N) is 2. The van der Waals surface area contributed by atoms with Gasteiger partial charge in [0.25, 0.3) is 5.91 Å². The molecule has 0 atom stereocenters. The number of hydrogen-bond acceptors (Lipinski definition) is 3. The van der Waals surface area contributed by atoms with Crippen LogP contribution in [-0.2, 0) is 6.54 Å². The molecule has 3 nitrogen and oxygen atoms in total. The summed E-state index contributed by atoms with van der Waals surface area (Å²) in [4.78, 5) is 19.3. The summed E-state index contributed by atoms with van der Waals surface area (Å²) in [6, 6.07) is 5.55. The molecule has 0 saturated heterocycles. The van der Waals surface area contributed by atoms with Crippen molar-refractivity contribution in [2.45, 2.75) is 13.5 Å². The second-order valence-electron chi connectivity index (χ2n) is 4.13. The van der Waals surface area contributed by atoms with Crippen LogP contribution >= 0.6 is 43.2 Å². The van der Waals surface area contributed by atoms with Gasteiger partial charge in [-0.15, -0.1) is 11.3 Å². The number of benzene rings is 1. The molecule has 0 bridgehead atoms. The summed E-state index contributed by atoms with van der Waals surface area (Å²) in [6.07, 6.45) is 1.82. The Kier molecular flexibility index (Phi) is 4.76. The van der Waals surface area contributed by atoms with E-state index < -0.39 is 0 Å². The van der Waals surface area contributed by atoms with Gasteiger partial charge in [-0.05, 0) is 41.1 Å². The number of carbonyl (C=O) groups excluding carboxylic acids is 1. The second-order valence-corrected chi connectivity index (χ2v) is 7.22. The predicted molar refractivity (Wildman–Crippen MR) is 84.5 cm³/mol. The smallest absolute Gasteiger partial charge is 0.255 e. The van der Waals surface area contributed by atoms with Gasteiger partial charge in [0.1, 0.15) is 0 Å². The molecule has 0 unspecified atom stereocenters. The predicted octanol–water partition coefficient (Wildman–Crippen LogP) is 4.25. The average molecular weight is 404 g/mol. The van der Waals surface area contributed by atoms with Gasteiger partial charge in [-0.25, -0.2) is 4.98 Å². The number of carbonyl (C=O) groups is 1. The molecule has 0 saturated carbocycles. The van der Waals surface area contributed by atoms with E-state index in [1.807, 2.05) is 31.3 Å². The Morgan fingerprint density at radius 2 is 2.16 bits per heavy atom. The number of hydrogen-bond donors (Lipinski definition) is 0. The van der Waals surface area contributed by atoms with Crippen molar-refractivity contribution in [3.8, 4) is 0 Å². The molecule has 1 amide bonds. The van der Waals surface area contributed by atoms with Gasteiger partial charge in [0, 0.05) is 27.1 Å². The zero-order chi connectivity index (χ0) is 14.0. The number of rotatable bonds is 3. The van der Waals surface area contributed by atoms with Crippen molar-refractivity contribution in [2.75, 3.05) is 7.05 Å². The van der Waals surface area contributed by atoms with Crippen LogP contribution in [0.3, 0.4) is 0 Å². The molecular weight excluding hydrogens is 392 g/mol. The molecule has 0 radical (unpaired) electrons. The zero-order valence-corrected chi connectivity index (χ0v) is 14.5. The molecular formula is C13H12Br2N2OS. The third kappa shape index (κ3) is 3.64. The SMILES string of the molecule is Cc1ncc(CN(C)C(=O)c2ccc(Br)cc2Br)s1. The molecule has 0 aliphatic carbocycles. The maximum atomic E-state index is 12.4. The van der Waals surface area contributed by atoms with Crippen LogP contribution in [0.15, 0.2) is 33.3 Å². The van der Waals surface area contributed by atoms with E-state index in [0.29, 0.717) is 12.1 Å². The Labute approximate surface area is 132 Å². The highest BCUT2D eigenvalue weighted by Gasteiger charge is 2.16. The van der Waals surface area contributed by atoms with Crippen LogP contribution in [-0.4, -0.2) is 22.8 Å². The van der Waals surface area contributed by atoms with E-state index in [1.54, 1.807) is 23.3 Å². The Morgan fingerprint density at radius 1 is 1.42 bits per heavy atom. The second kappa shape index (κ2) is 6.15. The summed E-state index contributed by atoms with van der Waals surface area (Å²) >= 11 is 8.41. The molecule has 1 heterocycles. The Balaban J connectivity index is 2.14. The summed E-state index contributed by atoms with van der Waals surface area (Å²) in [7, 11) is 1.80. The van der Waals surface area contributed by atoms with Gasteiger partial charge >= 0.3 is 0 Å². The normalized spacial score (nSPS) is 10.5. The molecule has 2 aromatic rings. The van der Waals surface area contributed by atoms with E-state index in [2.05, 4.69) is 36.8 Å². The summed E-state index contributed by atoms with van der Waals surface area (Å²) < 4.78 is 1.73. The van der Waals surface area contributed by atoms with E-state index in [9.17, 15) is 4.79 Å². The van der Waals surface area contributed by atoms with E-state index in [1.165, 1.54) is 0 Å². The van der Waals surface area contributed by atoms with Gasteiger partial charge in [-0.2, -0.15) is 0 Å². The molecule has 100 valence electrons. The molecule has 0 spiro atoms. The van der Waals surface area contributed by atoms with E-state index in [0.717, 1.165) is 18.8 Å². The topological polar surface area (TPSA) is 33.2 Å². The number of thiazole rings is 1. The van der Waals surface area contributed by atoms with Gasteiger partial charge in [0.15, 0.2) is 0 Å². The highest BCUT2D eigenvalue weighted by molar-refractivity contribution is 9.11. The van der Waals surface area contributed by atoms with Crippen LogP contribution in [0.5, 0.6) is 0 Å². The molecule has 1 aromatic heterocycles. The van der Waals surface area contributed by atoms with Crippen LogP contribution in [0, 0.1) is 6.92 Å². The van der Waals surface area contributed by atoms with Crippen molar-refractivity contribution in [1.29, 1.82) is 0 Å². The third-order valence-electron chi connectivity index (χ3n) is 2.57. The largest absolute Gasteiger partial charge is 0.336 e. The van der Waals surface area contributed by atoms with Crippen molar-refractivity contribution in [3.63, 3.8) is 0 Å². The highest BCUT2D eigenvalue weighted by Crippen LogP contribution is 2.23. The molecule has 0 aliphatic rings. The van der Waals surface area contributed by atoms with Gasteiger partial charge in [-0.1, -0.05) is 15.9 Å². The van der Waals surface area contributed by atoms with Crippen molar-refractivity contribution in [3.05, 3.63) is 48.8 Å². The van der Waals surface area contributed by atoms with Crippen LogP contribution in [0.2, 0.25) is 0 Å². The lowest BCUT2D eigenvalue weighted by molar-refractivity contribution is 0.0785. The maximum absolute atomic E-state index is 12.4. The Morgan fingerprint density at radius 3 is 2.74 bits per heavy atom. The first-order valence-electron chi connectivity index (χ1n) is 5.59. The quantitative estimate of drug-likeness (QED) is 0.767. The first kappa shape index (κ1) is 14.7. The summed E-state index contributed by atoms with van der Waals surface area (Å²) in [5.41, 5.74) is 0.659.